The summed E-state index contributed by atoms with van der Waals surface area (Å²) in [5, 5.41) is 7.49. The van der Waals surface area contributed by atoms with E-state index in [0.29, 0.717) is 17.8 Å². The quantitative estimate of drug-likeness (QED) is 0.937. The van der Waals surface area contributed by atoms with Gasteiger partial charge in [0, 0.05) is 31.2 Å². The van der Waals surface area contributed by atoms with Crippen LogP contribution in [0.2, 0.25) is 0 Å². The topological polar surface area (TPSA) is 54.2 Å². The molecule has 1 N–H and O–H groups in total. The van der Waals surface area contributed by atoms with Gasteiger partial charge in [-0.3, -0.25) is 4.90 Å². The largest absolute Gasteiger partial charge is 0.338 e. The highest BCUT2D eigenvalue weighted by Gasteiger charge is 2.20. The number of nitrogens with zero attached hydrogens (tertiary/aromatic N) is 3. The summed E-state index contributed by atoms with van der Waals surface area (Å²) in [4.78, 5) is 6.89. The summed E-state index contributed by atoms with van der Waals surface area (Å²) < 4.78 is 5.40. The van der Waals surface area contributed by atoms with Crippen LogP contribution in [0.3, 0.4) is 0 Å². The maximum Gasteiger partial charge on any atom is 0.241 e. The van der Waals surface area contributed by atoms with Crippen LogP contribution in [0.5, 0.6) is 0 Å². The molecular formula is C16H23ClN4O. The van der Waals surface area contributed by atoms with Crippen LogP contribution in [-0.2, 0) is 13.0 Å². The number of halogens is 1. The van der Waals surface area contributed by atoms with Gasteiger partial charge in [0.05, 0.1) is 6.54 Å². The highest BCUT2D eigenvalue weighted by molar-refractivity contribution is 5.85. The van der Waals surface area contributed by atoms with Crippen molar-refractivity contribution in [2.45, 2.75) is 32.9 Å². The van der Waals surface area contributed by atoms with Gasteiger partial charge in [-0.25, -0.2) is 0 Å². The summed E-state index contributed by atoms with van der Waals surface area (Å²) >= 11 is 0. The van der Waals surface area contributed by atoms with Crippen LogP contribution >= 0.6 is 12.4 Å². The van der Waals surface area contributed by atoms with Crippen LogP contribution in [-0.4, -0.2) is 40.7 Å². The number of hydrogen-bond donors (Lipinski definition) is 1. The minimum Gasteiger partial charge on any atom is -0.338 e. The smallest absolute Gasteiger partial charge is 0.241 e. The molecule has 0 spiro atoms. The van der Waals surface area contributed by atoms with Crippen molar-refractivity contribution in [3.63, 3.8) is 0 Å². The minimum atomic E-state index is 0. The fourth-order valence-corrected chi connectivity index (χ4v) is 2.62. The predicted octanol–water partition coefficient (Wildman–Crippen LogP) is 2.51. The van der Waals surface area contributed by atoms with Gasteiger partial charge in [0.2, 0.25) is 11.7 Å². The van der Waals surface area contributed by atoms with E-state index in [1.807, 2.05) is 0 Å². The second kappa shape index (κ2) is 7.72. The number of nitrogens with one attached hydrogen (secondary N) is 1. The van der Waals surface area contributed by atoms with Gasteiger partial charge in [0.25, 0.3) is 0 Å². The fourth-order valence-electron chi connectivity index (χ4n) is 2.62. The zero-order valence-corrected chi connectivity index (χ0v) is 13.9. The highest BCUT2D eigenvalue weighted by atomic mass is 35.5. The van der Waals surface area contributed by atoms with Crippen LogP contribution in [0, 0.1) is 0 Å². The van der Waals surface area contributed by atoms with Crippen molar-refractivity contribution in [3.8, 4) is 11.4 Å². The van der Waals surface area contributed by atoms with Gasteiger partial charge in [-0.05, 0) is 18.9 Å². The number of benzene rings is 1. The second-order valence-corrected chi connectivity index (χ2v) is 5.59. The summed E-state index contributed by atoms with van der Waals surface area (Å²) in [6, 6.07) is 8.84. The van der Waals surface area contributed by atoms with Crippen molar-refractivity contribution in [2.75, 3.05) is 19.6 Å². The third kappa shape index (κ3) is 3.85. The number of hydrogen-bond acceptors (Lipinski definition) is 5. The molecule has 120 valence electrons. The number of aromatic nitrogens is 2. The summed E-state index contributed by atoms with van der Waals surface area (Å²) in [6.07, 6.45) is 1.04. The zero-order chi connectivity index (χ0) is 14.7. The molecule has 0 amide bonds. The fraction of sp³-hybridized carbons (Fsp3) is 0.500. The van der Waals surface area contributed by atoms with Gasteiger partial charge in [-0.15, -0.1) is 12.4 Å². The van der Waals surface area contributed by atoms with E-state index in [-0.39, 0.29) is 12.4 Å². The summed E-state index contributed by atoms with van der Waals surface area (Å²) in [5.74, 6) is 1.37. The van der Waals surface area contributed by atoms with Crippen LogP contribution < -0.4 is 5.32 Å². The van der Waals surface area contributed by atoms with Crippen LogP contribution in [0.4, 0.5) is 0 Å². The normalized spacial score (nSPS) is 18.9. The van der Waals surface area contributed by atoms with E-state index in [1.54, 1.807) is 0 Å². The first-order chi connectivity index (χ1) is 10.3. The van der Waals surface area contributed by atoms with Crippen molar-refractivity contribution in [2.24, 2.45) is 0 Å². The molecule has 0 bridgehead atoms. The van der Waals surface area contributed by atoms with E-state index >= 15 is 0 Å². The monoisotopic (exact) mass is 322 g/mol. The van der Waals surface area contributed by atoms with Crippen LogP contribution in [0.15, 0.2) is 28.8 Å². The molecule has 0 unspecified atom stereocenters. The van der Waals surface area contributed by atoms with E-state index < -0.39 is 0 Å². The first-order valence-corrected chi connectivity index (χ1v) is 7.63. The van der Waals surface area contributed by atoms with Gasteiger partial charge in [0.1, 0.15) is 0 Å². The Bertz CT molecular complexity index is 584. The van der Waals surface area contributed by atoms with E-state index in [2.05, 4.69) is 58.5 Å². The molecule has 0 aliphatic carbocycles. The van der Waals surface area contributed by atoms with E-state index in [0.717, 1.165) is 38.2 Å². The lowest BCUT2D eigenvalue weighted by Gasteiger charge is -2.32. The molecule has 1 aliphatic heterocycles. The Labute approximate surface area is 137 Å². The molecule has 1 aliphatic rings. The highest BCUT2D eigenvalue weighted by Crippen LogP contribution is 2.18. The third-order valence-corrected chi connectivity index (χ3v) is 4.07. The molecule has 0 radical (unpaired) electrons. The SMILES string of the molecule is CCc1ccc(-c2noc(CN3CCNC[C@H]3C)n2)cc1.Cl. The van der Waals surface area contributed by atoms with Crippen LogP contribution in [0.1, 0.15) is 25.3 Å². The molecule has 1 aromatic carbocycles. The van der Waals surface area contributed by atoms with E-state index in [9.17, 15) is 0 Å². The first kappa shape index (κ1) is 16.9. The van der Waals surface area contributed by atoms with Gasteiger partial charge in [-0.1, -0.05) is 36.3 Å². The van der Waals surface area contributed by atoms with Crippen molar-refractivity contribution < 1.29 is 4.52 Å². The lowest BCUT2D eigenvalue weighted by molar-refractivity contribution is 0.146. The number of piperazine rings is 1. The first-order valence-electron chi connectivity index (χ1n) is 7.63. The molecule has 22 heavy (non-hydrogen) atoms. The Morgan fingerprint density at radius 3 is 2.77 bits per heavy atom. The van der Waals surface area contributed by atoms with Crippen molar-refractivity contribution in [1.29, 1.82) is 0 Å². The maximum atomic E-state index is 5.40. The molecule has 1 atom stereocenters. The van der Waals surface area contributed by atoms with Crippen molar-refractivity contribution in [1.82, 2.24) is 20.4 Å². The Morgan fingerprint density at radius 2 is 2.09 bits per heavy atom. The Morgan fingerprint density at radius 1 is 1.32 bits per heavy atom. The Balaban J connectivity index is 0.00000176. The predicted molar refractivity (Wildman–Crippen MR) is 89.1 cm³/mol. The molecule has 1 fully saturated rings. The average Bonchev–Trinajstić information content (AvgIpc) is 2.98. The lowest BCUT2D eigenvalue weighted by atomic mass is 10.1. The number of rotatable bonds is 4. The summed E-state index contributed by atoms with van der Waals surface area (Å²) in [7, 11) is 0. The van der Waals surface area contributed by atoms with Gasteiger partial charge < -0.3 is 9.84 Å². The molecule has 2 aromatic rings. The van der Waals surface area contributed by atoms with Crippen molar-refractivity contribution >= 4 is 12.4 Å². The standard InChI is InChI=1S/C16H22N4O.ClH/c1-3-13-4-6-14(7-5-13)16-18-15(21-19-16)11-20-9-8-17-10-12(20)2;/h4-7,12,17H,3,8-11H2,1-2H3;1H/t12-;/m1./s1. The van der Waals surface area contributed by atoms with Crippen LogP contribution in [0.25, 0.3) is 11.4 Å². The Hall–Kier alpha value is -1.43. The maximum absolute atomic E-state index is 5.40. The minimum absolute atomic E-state index is 0. The molecule has 2 heterocycles. The molecule has 1 saturated heterocycles. The molecule has 0 saturated carbocycles. The lowest BCUT2D eigenvalue weighted by Crippen LogP contribution is -2.49. The Kier molecular flexibility index (Phi) is 5.94. The van der Waals surface area contributed by atoms with E-state index in [1.165, 1.54) is 5.56 Å². The second-order valence-electron chi connectivity index (χ2n) is 5.59. The van der Waals surface area contributed by atoms with Gasteiger partial charge in [-0.2, -0.15) is 4.98 Å². The molecule has 3 rings (SSSR count). The average molecular weight is 323 g/mol. The number of aryl methyl sites for hydroxylation is 1. The van der Waals surface area contributed by atoms with Crippen molar-refractivity contribution in [3.05, 3.63) is 35.7 Å². The molecule has 6 heteroatoms. The molecular weight excluding hydrogens is 300 g/mol. The molecule has 1 aromatic heterocycles. The van der Waals surface area contributed by atoms with E-state index in [4.69, 9.17) is 4.52 Å². The zero-order valence-electron chi connectivity index (χ0n) is 13.1. The summed E-state index contributed by atoms with van der Waals surface area (Å²) in [5.41, 5.74) is 2.33. The third-order valence-electron chi connectivity index (χ3n) is 4.07. The molecule has 5 nitrogen and oxygen atoms in total. The van der Waals surface area contributed by atoms with Gasteiger partial charge in [0.15, 0.2) is 0 Å². The van der Waals surface area contributed by atoms with Gasteiger partial charge >= 0.3 is 0 Å². The summed E-state index contributed by atoms with van der Waals surface area (Å²) in [6.45, 7) is 8.14.